The maximum Gasteiger partial charge on any atom is 0.255 e. The standard InChI is InChI=1S/C27H32N4O2S/c28-23-11-10-22(25-4-3-17-34-25)18-24(23)29-27(32)21-8-6-20(7-9-21)19-31-12-2-1-5-26(31)30-13-15-33-16-14-30/h3-4,6-11,17-18,26H,1-2,5,12-16,19,28H2,(H,29,32). The third-order valence-electron chi connectivity index (χ3n) is 6.76. The first-order valence-corrected chi connectivity index (χ1v) is 12.9. The van der Waals surface area contributed by atoms with Gasteiger partial charge in [0.05, 0.1) is 30.8 Å². The zero-order chi connectivity index (χ0) is 23.3. The maximum atomic E-state index is 12.9. The van der Waals surface area contributed by atoms with E-state index in [1.165, 1.54) is 24.8 Å². The number of rotatable bonds is 6. The summed E-state index contributed by atoms with van der Waals surface area (Å²) in [6, 6.07) is 17.8. The van der Waals surface area contributed by atoms with Crippen LogP contribution in [0, 0.1) is 0 Å². The molecule has 0 radical (unpaired) electrons. The lowest BCUT2D eigenvalue weighted by Gasteiger charge is -2.44. The highest BCUT2D eigenvalue weighted by molar-refractivity contribution is 7.13. The second-order valence-corrected chi connectivity index (χ2v) is 9.97. The molecule has 5 rings (SSSR count). The lowest BCUT2D eigenvalue weighted by atomic mass is 10.0. The molecular formula is C27H32N4O2S. The van der Waals surface area contributed by atoms with Gasteiger partial charge in [0.1, 0.15) is 0 Å². The van der Waals surface area contributed by atoms with Gasteiger partial charge in [-0.2, -0.15) is 0 Å². The van der Waals surface area contributed by atoms with Gasteiger partial charge in [0.2, 0.25) is 0 Å². The van der Waals surface area contributed by atoms with Crippen molar-refractivity contribution in [1.29, 1.82) is 0 Å². The van der Waals surface area contributed by atoms with Gasteiger partial charge in [-0.15, -0.1) is 11.3 Å². The Bertz CT molecular complexity index is 1090. The monoisotopic (exact) mass is 476 g/mol. The molecule has 2 aromatic carbocycles. The summed E-state index contributed by atoms with van der Waals surface area (Å²) in [5.41, 5.74) is 10.3. The van der Waals surface area contributed by atoms with Crippen molar-refractivity contribution in [2.24, 2.45) is 0 Å². The molecule has 1 aromatic heterocycles. The number of nitrogen functional groups attached to an aromatic ring is 1. The van der Waals surface area contributed by atoms with Crippen LogP contribution in [0.3, 0.4) is 0 Å². The number of carbonyl (C=O) groups is 1. The number of anilines is 2. The van der Waals surface area contributed by atoms with Crippen molar-refractivity contribution in [2.75, 3.05) is 43.9 Å². The van der Waals surface area contributed by atoms with Crippen molar-refractivity contribution in [2.45, 2.75) is 32.0 Å². The van der Waals surface area contributed by atoms with E-state index in [9.17, 15) is 4.79 Å². The zero-order valence-corrected chi connectivity index (χ0v) is 20.2. The number of benzene rings is 2. The van der Waals surface area contributed by atoms with E-state index in [-0.39, 0.29) is 5.91 Å². The minimum Gasteiger partial charge on any atom is -0.397 e. The van der Waals surface area contributed by atoms with Gasteiger partial charge in [0.25, 0.3) is 5.91 Å². The number of morpholine rings is 1. The summed E-state index contributed by atoms with van der Waals surface area (Å²) in [5, 5.41) is 5.03. The topological polar surface area (TPSA) is 70.8 Å². The van der Waals surface area contributed by atoms with E-state index in [4.69, 9.17) is 10.5 Å². The molecule has 3 aromatic rings. The Morgan fingerprint density at radius 3 is 2.65 bits per heavy atom. The van der Waals surface area contributed by atoms with E-state index < -0.39 is 0 Å². The number of ether oxygens (including phenoxy) is 1. The first-order chi connectivity index (χ1) is 16.7. The molecule has 3 N–H and O–H groups in total. The van der Waals surface area contributed by atoms with E-state index >= 15 is 0 Å². The van der Waals surface area contributed by atoms with Gasteiger partial charge in [0.15, 0.2) is 0 Å². The summed E-state index contributed by atoms with van der Waals surface area (Å²) in [6.45, 7) is 5.70. The fourth-order valence-electron chi connectivity index (χ4n) is 4.90. The normalized spacial score (nSPS) is 19.7. The minimum atomic E-state index is -0.147. The number of nitrogens with one attached hydrogen (secondary N) is 1. The summed E-state index contributed by atoms with van der Waals surface area (Å²) in [4.78, 5) is 19.2. The van der Waals surface area contributed by atoms with Crippen molar-refractivity contribution in [1.82, 2.24) is 9.80 Å². The summed E-state index contributed by atoms with van der Waals surface area (Å²) in [5.74, 6) is -0.147. The highest BCUT2D eigenvalue weighted by Crippen LogP contribution is 2.30. The van der Waals surface area contributed by atoms with E-state index in [2.05, 4.69) is 33.3 Å². The van der Waals surface area contributed by atoms with Crippen molar-refractivity contribution < 1.29 is 9.53 Å². The van der Waals surface area contributed by atoms with Gasteiger partial charge >= 0.3 is 0 Å². The lowest BCUT2D eigenvalue weighted by molar-refractivity contribution is -0.0505. The number of amides is 1. The quantitative estimate of drug-likeness (QED) is 0.496. The van der Waals surface area contributed by atoms with Crippen molar-refractivity contribution in [3.8, 4) is 10.4 Å². The molecule has 6 nitrogen and oxygen atoms in total. The largest absolute Gasteiger partial charge is 0.397 e. The van der Waals surface area contributed by atoms with Crippen LogP contribution in [0.25, 0.3) is 10.4 Å². The molecule has 0 saturated carbocycles. The summed E-state index contributed by atoms with van der Waals surface area (Å²) in [7, 11) is 0. The van der Waals surface area contributed by atoms with Crippen molar-refractivity contribution in [3.63, 3.8) is 0 Å². The lowest BCUT2D eigenvalue weighted by Crippen LogP contribution is -2.53. The zero-order valence-electron chi connectivity index (χ0n) is 19.4. The van der Waals surface area contributed by atoms with E-state index in [1.54, 1.807) is 11.3 Å². The molecule has 3 heterocycles. The van der Waals surface area contributed by atoms with Crippen LogP contribution in [0.1, 0.15) is 35.2 Å². The molecule has 1 unspecified atom stereocenters. The molecule has 0 spiro atoms. The number of nitrogens with two attached hydrogens (primary N) is 1. The molecule has 0 aliphatic carbocycles. The molecule has 2 aliphatic rings. The molecule has 0 bridgehead atoms. The van der Waals surface area contributed by atoms with Gasteiger partial charge < -0.3 is 15.8 Å². The first kappa shape index (κ1) is 23.1. The molecule has 2 saturated heterocycles. The summed E-state index contributed by atoms with van der Waals surface area (Å²) < 4.78 is 5.55. The number of carbonyl (C=O) groups excluding carboxylic acids is 1. The smallest absolute Gasteiger partial charge is 0.255 e. The summed E-state index contributed by atoms with van der Waals surface area (Å²) in [6.07, 6.45) is 4.23. The fourth-order valence-corrected chi connectivity index (χ4v) is 5.62. The van der Waals surface area contributed by atoms with Crippen LogP contribution in [0.2, 0.25) is 0 Å². The fraction of sp³-hybridized carbons (Fsp3) is 0.370. The van der Waals surface area contributed by atoms with E-state index in [1.807, 2.05) is 41.8 Å². The van der Waals surface area contributed by atoms with Gasteiger partial charge in [-0.05, 0) is 72.6 Å². The van der Waals surface area contributed by atoms with Gasteiger partial charge in [0, 0.05) is 30.1 Å². The number of hydrogen-bond acceptors (Lipinski definition) is 6. The van der Waals surface area contributed by atoms with Gasteiger partial charge in [-0.1, -0.05) is 24.3 Å². The number of hydrogen-bond donors (Lipinski definition) is 2. The third-order valence-corrected chi connectivity index (χ3v) is 7.67. The molecule has 1 amide bonds. The molecular weight excluding hydrogens is 444 g/mol. The van der Waals surface area contributed by atoms with Gasteiger partial charge in [-0.3, -0.25) is 14.6 Å². The first-order valence-electron chi connectivity index (χ1n) is 12.1. The van der Waals surface area contributed by atoms with Crippen LogP contribution in [-0.4, -0.2) is 54.7 Å². The number of likely N-dealkylation sites (tertiary alicyclic amines) is 1. The third kappa shape index (κ3) is 5.33. The van der Waals surface area contributed by atoms with Crippen LogP contribution >= 0.6 is 11.3 Å². The van der Waals surface area contributed by atoms with Crippen LogP contribution in [0.5, 0.6) is 0 Å². The SMILES string of the molecule is Nc1ccc(-c2cccs2)cc1NC(=O)c1ccc(CN2CCCCC2N2CCOCC2)cc1. The Morgan fingerprint density at radius 1 is 1.06 bits per heavy atom. The second-order valence-electron chi connectivity index (χ2n) is 9.03. The minimum absolute atomic E-state index is 0.147. The Balaban J connectivity index is 1.24. The molecule has 1 atom stereocenters. The molecule has 2 fully saturated rings. The number of thiophene rings is 1. The van der Waals surface area contributed by atoms with Crippen LogP contribution in [0.4, 0.5) is 11.4 Å². The highest BCUT2D eigenvalue weighted by Gasteiger charge is 2.29. The number of nitrogens with zero attached hydrogens (tertiary/aromatic N) is 2. The van der Waals surface area contributed by atoms with Crippen molar-refractivity contribution >= 4 is 28.6 Å². The summed E-state index contributed by atoms with van der Waals surface area (Å²) >= 11 is 1.66. The van der Waals surface area contributed by atoms with Crippen LogP contribution in [-0.2, 0) is 11.3 Å². The second kappa shape index (κ2) is 10.7. The van der Waals surface area contributed by atoms with Crippen molar-refractivity contribution in [3.05, 3.63) is 71.1 Å². The Labute approximate surface area is 205 Å². The van der Waals surface area contributed by atoms with Gasteiger partial charge in [-0.25, -0.2) is 0 Å². The average Bonchev–Trinajstić information content (AvgIpc) is 3.42. The maximum absolute atomic E-state index is 12.9. The Hall–Kier alpha value is -2.71. The highest BCUT2D eigenvalue weighted by atomic mass is 32.1. The Morgan fingerprint density at radius 2 is 1.88 bits per heavy atom. The molecule has 34 heavy (non-hydrogen) atoms. The van der Waals surface area contributed by atoms with Crippen LogP contribution < -0.4 is 11.1 Å². The Kier molecular flexibility index (Phi) is 7.25. The van der Waals surface area contributed by atoms with Crippen LogP contribution in [0.15, 0.2) is 60.0 Å². The molecule has 7 heteroatoms. The number of piperidine rings is 1. The molecule has 2 aliphatic heterocycles. The average molecular weight is 477 g/mol. The molecule has 178 valence electrons. The predicted octanol–water partition coefficient (Wildman–Crippen LogP) is 4.89. The van der Waals surface area contributed by atoms with E-state index in [0.717, 1.165) is 49.8 Å². The predicted molar refractivity (Wildman–Crippen MR) is 139 cm³/mol. The van der Waals surface area contributed by atoms with E-state index in [0.29, 0.717) is 23.1 Å².